The Labute approximate surface area is 178 Å². The summed E-state index contributed by atoms with van der Waals surface area (Å²) in [4.78, 5) is 14.2. The maximum atomic E-state index is 13.2. The van der Waals surface area contributed by atoms with E-state index in [1.807, 2.05) is 24.3 Å². The van der Waals surface area contributed by atoms with Crippen LogP contribution in [0.1, 0.15) is 35.5 Å². The number of fused-ring (bicyclic) bond motifs is 1. The molecular formula is C20H20N4O4S2. The summed E-state index contributed by atoms with van der Waals surface area (Å²) in [6.45, 7) is 1.80. The fourth-order valence-corrected chi connectivity index (χ4v) is 6.66. The number of sulfonamides is 1. The van der Waals surface area contributed by atoms with Crippen LogP contribution >= 0.6 is 11.3 Å². The van der Waals surface area contributed by atoms with Crippen LogP contribution in [0.25, 0.3) is 11.5 Å². The Hall–Kier alpha value is -2.72. The van der Waals surface area contributed by atoms with E-state index >= 15 is 0 Å². The molecule has 156 valence electrons. The van der Waals surface area contributed by atoms with Crippen molar-refractivity contribution >= 4 is 33.0 Å². The summed E-state index contributed by atoms with van der Waals surface area (Å²) in [6.07, 6.45) is 3.75. The van der Waals surface area contributed by atoms with Gasteiger partial charge in [-0.05, 0) is 43.4 Å². The molecule has 2 aliphatic heterocycles. The molecule has 0 aliphatic carbocycles. The Morgan fingerprint density at radius 2 is 1.87 bits per heavy atom. The van der Waals surface area contributed by atoms with E-state index < -0.39 is 10.0 Å². The lowest BCUT2D eigenvalue weighted by Gasteiger charge is -2.24. The molecule has 1 saturated heterocycles. The van der Waals surface area contributed by atoms with Gasteiger partial charge in [0.2, 0.25) is 5.89 Å². The van der Waals surface area contributed by atoms with Crippen molar-refractivity contribution in [3.63, 3.8) is 0 Å². The van der Waals surface area contributed by atoms with Gasteiger partial charge in [0.25, 0.3) is 10.0 Å². The Bertz CT molecular complexity index is 1190. The van der Waals surface area contributed by atoms with Crippen molar-refractivity contribution in [3.8, 4) is 11.5 Å². The second-order valence-electron chi connectivity index (χ2n) is 7.38. The zero-order chi connectivity index (χ0) is 20.7. The Morgan fingerprint density at radius 3 is 2.70 bits per heavy atom. The first-order valence-corrected chi connectivity index (χ1v) is 12.2. The van der Waals surface area contributed by atoms with E-state index in [-0.39, 0.29) is 21.9 Å². The lowest BCUT2D eigenvalue weighted by molar-refractivity contribution is 0.0684. The van der Waals surface area contributed by atoms with Gasteiger partial charge in [0.05, 0.1) is 11.3 Å². The first-order chi connectivity index (χ1) is 14.5. The van der Waals surface area contributed by atoms with Crippen molar-refractivity contribution in [2.24, 2.45) is 0 Å². The molecule has 0 radical (unpaired) electrons. The molecule has 3 aromatic rings. The highest BCUT2D eigenvalue weighted by atomic mass is 32.2. The maximum absolute atomic E-state index is 13.2. The number of piperidine rings is 1. The summed E-state index contributed by atoms with van der Waals surface area (Å²) in [5, 5.41) is 9.51. The fraction of sp³-hybridized carbons (Fsp3) is 0.350. The van der Waals surface area contributed by atoms with Gasteiger partial charge in [0.1, 0.15) is 4.21 Å². The second kappa shape index (κ2) is 7.51. The number of aromatic nitrogens is 2. The summed E-state index contributed by atoms with van der Waals surface area (Å²) >= 11 is 1.11. The number of hydrogen-bond acceptors (Lipinski definition) is 7. The first kappa shape index (κ1) is 19.3. The smallest absolute Gasteiger partial charge is 0.311 e. The van der Waals surface area contributed by atoms with Crippen LogP contribution in [-0.4, -0.2) is 49.1 Å². The van der Waals surface area contributed by atoms with E-state index in [9.17, 15) is 13.2 Å². The van der Waals surface area contributed by atoms with E-state index in [0.717, 1.165) is 41.9 Å². The minimum absolute atomic E-state index is 0.0593. The van der Waals surface area contributed by atoms with E-state index in [1.165, 1.54) is 10.4 Å². The minimum atomic E-state index is -3.68. The molecule has 0 N–H and O–H groups in total. The molecule has 0 spiro atoms. The number of para-hydroxylation sites is 1. The standard InChI is InChI=1S/C20H20N4O4S2/c25-20(23-9-4-1-5-10-23)19-22-21-18(28-19)15-12-17(29-13-15)30(26,27)24-11-8-14-6-2-3-7-16(14)24/h2-3,6-7,12-13H,1,4-5,8-11H2. The lowest BCUT2D eigenvalue weighted by Crippen LogP contribution is -2.35. The molecule has 1 amide bonds. The summed E-state index contributed by atoms with van der Waals surface area (Å²) in [6, 6.07) is 9.06. The molecule has 4 heterocycles. The molecule has 1 aromatic carbocycles. The van der Waals surface area contributed by atoms with Crippen molar-refractivity contribution < 1.29 is 17.6 Å². The number of benzene rings is 1. The van der Waals surface area contributed by atoms with Crippen LogP contribution < -0.4 is 4.31 Å². The summed E-state index contributed by atoms with van der Waals surface area (Å²) in [5.41, 5.74) is 2.24. The van der Waals surface area contributed by atoms with E-state index in [1.54, 1.807) is 10.3 Å². The SMILES string of the molecule is O=C(c1nnc(-c2csc(S(=O)(=O)N3CCc4ccccc43)c2)o1)N1CCCCC1. The van der Waals surface area contributed by atoms with Crippen LogP contribution in [0.4, 0.5) is 5.69 Å². The van der Waals surface area contributed by atoms with Gasteiger partial charge in [-0.25, -0.2) is 8.42 Å². The fourth-order valence-electron chi connectivity index (χ4n) is 3.89. The molecule has 2 aromatic heterocycles. The molecule has 0 unspecified atom stereocenters. The monoisotopic (exact) mass is 444 g/mol. The average Bonchev–Trinajstić information content (AvgIpc) is 3.53. The molecule has 2 aliphatic rings. The number of rotatable bonds is 4. The van der Waals surface area contributed by atoms with E-state index in [0.29, 0.717) is 31.6 Å². The molecule has 0 saturated carbocycles. The van der Waals surface area contributed by atoms with Gasteiger partial charge in [-0.2, -0.15) is 0 Å². The van der Waals surface area contributed by atoms with Gasteiger partial charge in [-0.3, -0.25) is 9.10 Å². The van der Waals surface area contributed by atoms with Crippen LogP contribution in [-0.2, 0) is 16.4 Å². The zero-order valence-corrected chi connectivity index (χ0v) is 17.8. The highest BCUT2D eigenvalue weighted by Crippen LogP contribution is 2.36. The van der Waals surface area contributed by atoms with Crippen molar-refractivity contribution in [1.82, 2.24) is 15.1 Å². The van der Waals surface area contributed by atoms with Gasteiger partial charge in [-0.15, -0.1) is 21.5 Å². The highest BCUT2D eigenvalue weighted by molar-refractivity contribution is 7.94. The van der Waals surface area contributed by atoms with Gasteiger partial charge in [0, 0.05) is 25.0 Å². The third kappa shape index (κ3) is 3.29. The van der Waals surface area contributed by atoms with Crippen LogP contribution in [0.15, 0.2) is 44.3 Å². The van der Waals surface area contributed by atoms with Crippen LogP contribution in [0.3, 0.4) is 0 Å². The quantitative estimate of drug-likeness (QED) is 0.613. The van der Waals surface area contributed by atoms with Gasteiger partial charge in [0.15, 0.2) is 0 Å². The third-order valence-electron chi connectivity index (χ3n) is 5.46. The molecule has 8 nitrogen and oxygen atoms in total. The summed E-state index contributed by atoms with van der Waals surface area (Å²) in [7, 11) is -3.68. The van der Waals surface area contributed by atoms with Gasteiger partial charge >= 0.3 is 11.8 Å². The van der Waals surface area contributed by atoms with Crippen molar-refractivity contribution in [1.29, 1.82) is 0 Å². The van der Waals surface area contributed by atoms with Crippen molar-refractivity contribution in [3.05, 3.63) is 47.2 Å². The second-order valence-corrected chi connectivity index (χ2v) is 10.4. The van der Waals surface area contributed by atoms with Crippen LogP contribution in [0.5, 0.6) is 0 Å². The highest BCUT2D eigenvalue weighted by Gasteiger charge is 2.32. The number of carbonyl (C=O) groups is 1. The molecule has 0 bridgehead atoms. The topological polar surface area (TPSA) is 96.6 Å². The zero-order valence-electron chi connectivity index (χ0n) is 16.2. The number of amides is 1. The maximum Gasteiger partial charge on any atom is 0.311 e. The third-order valence-corrected chi connectivity index (χ3v) is 8.69. The lowest BCUT2D eigenvalue weighted by atomic mass is 10.1. The summed E-state index contributed by atoms with van der Waals surface area (Å²) in [5.74, 6) is -0.184. The molecule has 1 fully saturated rings. The van der Waals surface area contributed by atoms with Gasteiger partial charge in [-0.1, -0.05) is 18.2 Å². The van der Waals surface area contributed by atoms with Gasteiger partial charge < -0.3 is 9.32 Å². The van der Waals surface area contributed by atoms with Crippen molar-refractivity contribution in [2.45, 2.75) is 29.9 Å². The molecule has 0 atom stereocenters. The number of hydrogen-bond donors (Lipinski definition) is 0. The van der Waals surface area contributed by atoms with Crippen molar-refractivity contribution in [2.75, 3.05) is 23.9 Å². The number of nitrogens with zero attached hydrogens (tertiary/aromatic N) is 4. The predicted molar refractivity (Wildman–Crippen MR) is 112 cm³/mol. The van der Waals surface area contributed by atoms with E-state index in [4.69, 9.17) is 4.42 Å². The van der Waals surface area contributed by atoms with E-state index in [2.05, 4.69) is 10.2 Å². The average molecular weight is 445 g/mol. The minimum Gasteiger partial charge on any atom is -0.412 e. The Kier molecular flexibility index (Phi) is 4.82. The first-order valence-electron chi connectivity index (χ1n) is 9.86. The Balaban J connectivity index is 1.39. The molecule has 10 heteroatoms. The van der Waals surface area contributed by atoms with Crippen LogP contribution in [0.2, 0.25) is 0 Å². The Morgan fingerprint density at radius 1 is 1.07 bits per heavy atom. The normalized spacial score (nSPS) is 16.7. The number of thiophene rings is 1. The summed E-state index contributed by atoms with van der Waals surface area (Å²) < 4.78 is 33.6. The number of carbonyl (C=O) groups excluding carboxylic acids is 1. The molecular weight excluding hydrogens is 424 g/mol. The number of likely N-dealkylation sites (tertiary alicyclic amines) is 1. The molecule has 5 rings (SSSR count). The predicted octanol–water partition coefficient (Wildman–Crippen LogP) is 3.18. The van der Waals surface area contributed by atoms with Crippen LogP contribution in [0, 0.1) is 0 Å². The number of anilines is 1. The largest absolute Gasteiger partial charge is 0.412 e. The molecule has 30 heavy (non-hydrogen) atoms.